The van der Waals surface area contributed by atoms with E-state index in [2.05, 4.69) is 0 Å². The Morgan fingerprint density at radius 3 is 2.46 bits per heavy atom. The Hall–Kier alpha value is -1.02. The van der Waals surface area contributed by atoms with E-state index in [9.17, 15) is 5.11 Å². The fourth-order valence-electron chi connectivity index (χ4n) is 1.12. The SMILES string of the molecule is CC(C)Oc1cccc(C(C)O)c1. The second-order valence-corrected chi connectivity index (χ2v) is 3.42. The first kappa shape index (κ1) is 10.1. The summed E-state index contributed by atoms with van der Waals surface area (Å²) in [6.07, 6.45) is -0.264. The van der Waals surface area contributed by atoms with Gasteiger partial charge in [-0.25, -0.2) is 0 Å². The molecule has 0 bridgehead atoms. The first-order chi connectivity index (χ1) is 6.09. The van der Waals surface area contributed by atoms with Gasteiger partial charge in [-0.1, -0.05) is 12.1 Å². The van der Waals surface area contributed by atoms with Crippen LogP contribution in [-0.4, -0.2) is 11.2 Å². The smallest absolute Gasteiger partial charge is 0.120 e. The molecule has 1 rings (SSSR count). The van der Waals surface area contributed by atoms with Crippen LogP contribution in [0.2, 0.25) is 0 Å². The second kappa shape index (κ2) is 4.28. The van der Waals surface area contributed by atoms with Crippen molar-refractivity contribution >= 4 is 0 Å². The van der Waals surface area contributed by atoms with Crippen LogP contribution in [0.4, 0.5) is 0 Å². The average molecular weight is 180 g/mol. The molecule has 1 N–H and O–H groups in total. The van der Waals surface area contributed by atoms with E-state index in [1.165, 1.54) is 0 Å². The van der Waals surface area contributed by atoms with Gasteiger partial charge in [-0.2, -0.15) is 0 Å². The third kappa shape index (κ3) is 3.07. The van der Waals surface area contributed by atoms with Crippen molar-refractivity contribution in [1.82, 2.24) is 0 Å². The molecule has 1 aromatic carbocycles. The van der Waals surface area contributed by atoms with Gasteiger partial charge in [0.1, 0.15) is 5.75 Å². The number of benzene rings is 1. The zero-order valence-electron chi connectivity index (χ0n) is 8.32. The van der Waals surface area contributed by atoms with Crippen LogP contribution in [0.15, 0.2) is 24.3 Å². The van der Waals surface area contributed by atoms with E-state index in [-0.39, 0.29) is 6.10 Å². The Morgan fingerprint density at radius 1 is 1.23 bits per heavy atom. The third-order valence-electron chi connectivity index (χ3n) is 1.71. The summed E-state index contributed by atoms with van der Waals surface area (Å²) in [6, 6.07) is 7.54. The summed E-state index contributed by atoms with van der Waals surface area (Å²) in [5, 5.41) is 9.33. The summed E-state index contributed by atoms with van der Waals surface area (Å²) >= 11 is 0. The average Bonchev–Trinajstić information content (AvgIpc) is 2.03. The van der Waals surface area contributed by atoms with Gasteiger partial charge in [-0.3, -0.25) is 0 Å². The van der Waals surface area contributed by atoms with Crippen LogP contribution in [0.5, 0.6) is 5.75 Å². The lowest BCUT2D eigenvalue weighted by atomic mass is 10.1. The predicted molar refractivity (Wildman–Crippen MR) is 52.8 cm³/mol. The normalized spacial score (nSPS) is 13.0. The van der Waals surface area contributed by atoms with Crippen molar-refractivity contribution in [1.29, 1.82) is 0 Å². The Labute approximate surface area is 79.2 Å². The highest BCUT2D eigenvalue weighted by Crippen LogP contribution is 2.19. The molecule has 2 nitrogen and oxygen atoms in total. The van der Waals surface area contributed by atoms with Gasteiger partial charge in [0, 0.05) is 0 Å². The zero-order chi connectivity index (χ0) is 9.84. The van der Waals surface area contributed by atoms with Gasteiger partial charge in [-0.05, 0) is 38.5 Å². The fraction of sp³-hybridized carbons (Fsp3) is 0.455. The van der Waals surface area contributed by atoms with Crippen molar-refractivity contribution in [3.63, 3.8) is 0 Å². The van der Waals surface area contributed by atoms with Crippen LogP contribution in [0, 0.1) is 0 Å². The van der Waals surface area contributed by atoms with E-state index in [1.807, 2.05) is 38.1 Å². The minimum Gasteiger partial charge on any atom is -0.491 e. The lowest BCUT2D eigenvalue weighted by Gasteiger charge is -2.11. The molecular formula is C11H16O2. The van der Waals surface area contributed by atoms with Crippen LogP contribution in [0.1, 0.15) is 32.4 Å². The molecule has 0 spiro atoms. The molecule has 1 aromatic rings. The minimum absolute atomic E-state index is 0.171. The van der Waals surface area contributed by atoms with Gasteiger partial charge < -0.3 is 9.84 Å². The van der Waals surface area contributed by atoms with Crippen LogP contribution in [-0.2, 0) is 0 Å². The van der Waals surface area contributed by atoms with Crippen molar-refractivity contribution in [2.75, 3.05) is 0 Å². The number of hydrogen-bond donors (Lipinski definition) is 1. The number of rotatable bonds is 3. The number of aliphatic hydroxyl groups excluding tert-OH is 1. The van der Waals surface area contributed by atoms with Gasteiger partial charge >= 0.3 is 0 Å². The van der Waals surface area contributed by atoms with Crippen molar-refractivity contribution in [3.8, 4) is 5.75 Å². The largest absolute Gasteiger partial charge is 0.491 e. The summed E-state index contributed by atoms with van der Waals surface area (Å²) in [6.45, 7) is 5.71. The van der Waals surface area contributed by atoms with Gasteiger partial charge in [-0.15, -0.1) is 0 Å². The van der Waals surface area contributed by atoms with E-state index < -0.39 is 6.10 Å². The molecule has 13 heavy (non-hydrogen) atoms. The number of ether oxygens (including phenoxy) is 1. The maximum atomic E-state index is 9.33. The molecule has 0 amide bonds. The molecule has 0 aliphatic heterocycles. The van der Waals surface area contributed by atoms with E-state index >= 15 is 0 Å². The lowest BCUT2D eigenvalue weighted by molar-refractivity contribution is 0.197. The predicted octanol–water partition coefficient (Wildman–Crippen LogP) is 2.53. The van der Waals surface area contributed by atoms with Gasteiger partial charge in [0.15, 0.2) is 0 Å². The highest BCUT2D eigenvalue weighted by Gasteiger charge is 2.02. The van der Waals surface area contributed by atoms with Crippen molar-refractivity contribution in [3.05, 3.63) is 29.8 Å². The molecule has 1 unspecified atom stereocenters. The van der Waals surface area contributed by atoms with Crippen molar-refractivity contribution < 1.29 is 9.84 Å². The van der Waals surface area contributed by atoms with Crippen LogP contribution in [0.25, 0.3) is 0 Å². The standard InChI is InChI=1S/C11H16O2/c1-8(2)13-11-6-4-5-10(7-11)9(3)12/h4-9,12H,1-3H3. The Balaban J connectivity index is 2.79. The molecule has 2 heteroatoms. The molecule has 0 aliphatic rings. The highest BCUT2D eigenvalue weighted by molar-refractivity contribution is 5.29. The van der Waals surface area contributed by atoms with Crippen LogP contribution < -0.4 is 4.74 Å². The van der Waals surface area contributed by atoms with E-state index in [1.54, 1.807) is 6.92 Å². The van der Waals surface area contributed by atoms with E-state index in [0.717, 1.165) is 11.3 Å². The monoisotopic (exact) mass is 180 g/mol. The van der Waals surface area contributed by atoms with Crippen molar-refractivity contribution in [2.24, 2.45) is 0 Å². The van der Waals surface area contributed by atoms with Gasteiger partial charge in [0.2, 0.25) is 0 Å². The molecule has 0 radical (unpaired) electrons. The molecule has 0 aromatic heterocycles. The molecule has 72 valence electrons. The second-order valence-electron chi connectivity index (χ2n) is 3.42. The maximum absolute atomic E-state index is 9.33. The topological polar surface area (TPSA) is 29.5 Å². The zero-order valence-corrected chi connectivity index (χ0v) is 8.32. The summed E-state index contributed by atoms with van der Waals surface area (Å²) < 4.78 is 5.49. The van der Waals surface area contributed by atoms with Crippen molar-refractivity contribution in [2.45, 2.75) is 33.0 Å². The third-order valence-corrected chi connectivity index (χ3v) is 1.71. The molecule has 0 saturated heterocycles. The van der Waals surface area contributed by atoms with E-state index in [0.29, 0.717) is 0 Å². The van der Waals surface area contributed by atoms with Crippen LogP contribution >= 0.6 is 0 Å². The number of hydrogen-bond acceptors (Lipinski definition) is 2. The minimum atomic E-state index is -0.435. The van der Waals surface area contributed by atoms with Crippen LogP contribution in [0.3, 0.4) is 0 Å². The summed E-state index contributed by atoms with van der Waals surface area (Å²) in [5.74, 6) is 0.813. The molecular weight excluding hydrogens is 164 g/mol. The Morgan fingerprint density at radius 2 is 1.92 bits per heavy atom. The fourth-order valence-corrected chi connectivity index (χ4v) is 1.12. The van der Waals surface area contributed by atoms with Gasteiger partial charge in [0.05, 0.1) is 12.2 Å². The molecule has 1 atom stereocenters. The highest BCUT2D eigenvalue weighted by atomic mass is 16.5. The quantitative estimate of drug-likeness (QED) is 0.774. The molecule has 0 saturated carbocycles. The molecule has 0 heterocycles. The molecule has 0 aliphatic carbocycles. The van der Waals surface area contributed by atoms with Gasteiger partial charge in [0.25, 0.3) is 0 Å². The maximum Gasteiger partial charge on any atom is 0.120 e. The summed E-state index contributed by atoms with van der Waals surface area (Å²) in [7, 11) is 0. The first-order valence-electron chi connectivity index (χ1n) is 4.54. The first-order valence-corrected chi connectivity index (χ1v) is 4.54. The van der Waals surface area contributed by atoms with E-state index in [4.69, 9.17) is 4.74 Å². The Bertz CT molecular complexity index is 267. The molecule has 0 fully saturated rings. The lowest BCUT2D eigenvalue weighted by Crippen LogP contribution is -2.05. The summed E-state index contributed by atoms with van der Waals surface area (Å²) in [4.78, 5) is 0. The number of aliphatic hydroxyl groups is 1. The Kier molecular flexibility index (Phi) is 3.32. The summed E-state index contributed by atoms with van der Waals surface area (Å²) in [5.41, 5.74) is 0.887.